The Morgan fingerprint density at radius 2 is 1.71 bits per heavy atom. The number of rotatable bonds is 4. The first kappa shape index (κ1) is 15.6. The number of likely N-dealkylation sites (tertiary alicyclic amines) is 1. The Balaban J connectivity index is 1.59. The maximum absolute atomic E-state index is 12.7. The fraction of sp³-hybridized carbons (Fsp3) is 0.944. The number of carbonyl (C=O) groups is 1. The van der Waals surface area contributed by atoms with E-state index in [2.05, 4.69) is 18.7 Å². The average molecular weight is 337 g/mol. The van der Waals surface area contributed by atoms with Crippen molar-refractivity contribution in [3.8, 4) is 0 Å². The van der Waals surface area contributed by atoms with E-state index in [9.17, 15) is 4.79 Å². The first-order chi connectivity index (χ1) is 11.3. The van der Waals surface area contributed by atoms with Crippen molar-refractivity contribution in [3.63, 3.8) is 0 Å². The first-order valence-electron chi connectivity index (χ1n) is 9.30. The van der Waals surface area contributed by atoms with Crippen LogP contribution in [0.1, 0.15) is 41.0 Å². The second-order valence-corrected chi connectivity index (χ2v) is 8.65. The van der Waals surface area contributed by atoms with Crippen LogP contribution in [-0.4, -0.2) is 47.5 Å². The molecular formula is C18H27NO5. The predicted octanol–water partition coefficient (Wildman–Crippen LogP) is 1.93. The standard InChI is InChI=1S/C18H27NO5/c1-6-21-16(20)13(8(2)3)19-14-9-7-10-12-11(9)17(4,22-14)24-18(12,5)23-15(10)19/h8-15H,6-7H2,1-5H3/t9-,10+,11-,12+,13-,14+,15-,17+,18-/m1/s1. The highest BCUT2D eigenvalue weighted by atomic mass is 16.8. The summed E-state index contributed by atoms with van der Waals surface area (Å²) >= 11 is 0. The molecular weight excluding hydrogens is 310 g/mol. The van der Waals surface area contributed by atoms with Gasteiger partial charge in [-0.2, -0.15) is 0 Å². The maximum Gasteiger partial charge on any atom is 0.323 e. The van der Waals surface area contributed by atoms with Crippen LogP contribution in [0.25, 0.3) is 0 Å². The van der Waals surface area contributed by atoms with Gasteiger partial charge in [0.2, 0.25) is 0 Å². The molecule has 0 spiro atoms. The fourth-order valence-corrected chi connectivity index (χ4v) is 6.55. The van der Waals surface area contributed by atoms with Gasteiger partial charge < -0.3 is 18.9 Å². The Labute approximate surface area is 142 Å². The van der Waals surface area contributed by atoms with E-state index in [0.29, 0.717) is 30.3 Å². The van der Waals surface area contributed by atoms with Crippen LogP contribution in [-0.2, 0) is 23.7 Å². The number of nitrogens with zero attached hydrogens (tertiary/aromatic N) is 1. The van der Waals surface area contributed by atoms with E-state index in [1.807, 2.05) is 20.8 Å². The Bertz CT molecular complexity index is 562. The molecule has 0 aromatic heterocycles. The molecule has 24 heavy (non-hydrogen) atoms. The number of hydrogen-bond acceptors (Lipinski definition) is 6. The Hall–Kier alpha value is -0.690. The van der Waals surface area contributed by atoms with E-state index in [4.69, 9.17) is 18.9 Å². The lowest BCUT2D eigenvalue weighted by molar-refractivity contribution is -0.370. The smallest absolute Gasteiger partial charge is 0.323 e. The van der Waals surface area contributed by atoms with Crippen molar-refractivity contribution in [3.05, 3.63) is 0 Å². The molecule has 0 radical (unpaired) electrons. The summed E-state index contributed by atoms with van der Waals surface area (Å²) in [7, 11) is 0. The van der Waals surface area contributed by atoms with Crippen LogP contribution in [0.3, 0.4) is 0 Å². The molecule has 1 aliphatic carbocycles. The SMILES string of the molecule is CCOC(=O)[C@@H](C(C)C)N1[C@@H]2O[C@]3(C)O[C@]4(C)O[C@H]1[C@@H]1C[C@H]2[C@H]3[C@@H]14. The third kappa shape index (κ3) is 1.59. The van der Waals surface area contributed by atoms with Crippen LogP contribution in [0.5, 0.6) is 0 Å². The van der Waals surface area contributed by atoms with Crippen LogP contribution >= 0.6 is 0 Å². The van der Waals surface area contributed by atoms with Crippen molar-refractivity contribution < 1.29 is 23.7 Å². The van der Waals surface area contributed by atoms with Gasteiger partial charge in [0, 0.05) is 23.7 Å². The molecule has 0 unspecified atom stereocenters. The number of ether oxygens (including phenoxy) is 4. The second kappa shape index (κ2) is 4.53. The van der Waals surface area contributed by atoms with Crippen LogP contribution in [0.15, 0.2) is 0 Å². The van der Waals surface area contributed by atoms with Crippen LogP contribution in [0.4, 0.5) is 0 Å². The molecule has 4 heterocycles. The van der Waals surface area contributed by atoms with Gasteiger partial charge in [-0.3, -0.25) is 4.79 Å². The Kier molecular flexibility index (Phi) is 2.93. The minimum absolute atomic E-state index is 0.118. The summed E-state index contributed by atoms with van der Waals surface area (Å²) in [6.07, 6.45) is 0.879. The van der Waals surface area contributed by atoms with Crippen molar-refractivity contribution >= 4 is 5.97 Å². The molecule has 2 bridgehead atoms. The van der Waals surface area contributed by atoms with Gasteiger partial charge >= 0.3 is 5.97 Å². The molecule has 9 atom stereocenters. The lowest BCUT2D eigenvalue weighted by Crippen LogP contribution is -2.62. The maximum atomic E-state index is 12.7. The highest BCUT2D eigenvalue weighted by Gasteiger charge is 2.81. The third-order valence-corrected chi connectivity index (χ3v) is 6.98. The lowest BCUT2D eigenvalue weighted by atomic mass is 9.83. The van der Waals surface area contributed by atoms with Crippen molar-refractivity contribution in [2.45, 2.75) is 71.1 Å². The Morgan fingerprint density at radius 1 is 1.17 bits per heavy atom. The highest BCUT2D eigenvalue weighted by Crippen LogP contribution is 2.72. The largest absolute Gasteiger partial charge is 0.465 e. The van der Waals surface area contributed by atoms with Crippen molar-refractivity contribution in [1.29, 1.82) is 0 Å². The van der Waals surface area contributed by atoms with Gasteiger partial charge in [0.15, 0.2) is 11.6 Å². The van der Waals surface area contributed by atoms with Gasteiger partial charge in [-0.25, -0.2) is 4.90 Å². The van der Waals surface area contributed by atoms with Crippen molar-refractivity contribution in [2.24, 2.45) is 29.6 Å². The molecule has 134 valence electrons. The van der Waals surface area contributed by atoms with Crippen molar-refractivity contribution in [1.82, 2.24) is 4.90 Å². The van der Waals surface area contributed by atoms with Crippen molar-refractivity contribution in [2.75, 3.05) is 6.61 Å². The summed E-state index contributed by atoms with van der Waals surface area (Å²) in [5, 5.41) is 0. The van der Waals surface area contributed by atoms with Crippen LogP contribution in [0, 0.1) is 29.6 Å². The van der Waals surface area contributed by atoms with Crippen LogP contribution < -0.4 is 0 Å². The molecule has 0 aromatic carbocycles. The quantitative estimate of drug-likeness (QED) is 0.731. The molecule has 5 rings (SSSR count). The molecule has 4 aliphatic heterocycles. The summed E-state index contributed by atoms with van der Waals surface area (Å²) in [4.78, 5) is 14.9. The van der Waals surface area contributed by atoms with E-state index in [1.165, 1.54) is 0 Å². The van der Waals surface area contributed by atoms with Gasteiger partial charge in [0.25, 0.3) is 0 Å². The summed E-state index contributed by atoms with van der Waals surface area (Å²) in [6, 6.07) is -0.340. The summed E-state index contributed by atoms with van der Waals surface area (Å²) in [5.41, 5.74) is 0. The minimum Gasteiger partial charge on any atom is -0.465 e. The normalized spacial score (nSPS) is 54.9. The number of piperidine rings is 1. The number of carbonyl (C=O) groups excluding carboxylic acids is 1. The lowest BCUT2D eigenvalue weighted by Gasteiger charge is -2.48. The van der Waals surface area contributed by atoms with Gasteiger partial charge in [0.05, 0.1) is 6.61 Å². The fourth-order valence-electron chi connectivity index (χ4n) is 6.55. The zero-order valence-electron chi connectivity index (χ0n) is 15.0. The zero-order valence-corrected chi connectivity index (χ0v) is 15.0. The summed E-state index contributed by atoms with van der Waals surface area (Å²) in [6.45, 7) is 10.5. The molecule has 1 saturated carbocycles. The van der Waals surface area contributed by atoms with E-state index in [0.717, 1.165) is 6.42 Å². The summed E-state index contributed by atoms with van der Waals surface area (Å²) in [5.74, 6) is 0.338. The zero-order chi connectivity index (χ0) is 17.0. The van der Waals surface area contributed by atoms with Gasteiger partial charge in [-0.1, -0.05) is 13.8 Å². The minimum atomic E-state index is -0.594. The van der Waals surface area contributed by atoms with E-state index >= 15 is 0 Å². The van der Waals surface area contributed by atoms with Gasteiger partial charge in [-0.05, 0) is 33.1 Å². The van der Waals surface area contributed by atoms with E-state index < -0.39 is 11.6 Å². The van der Waals surface area contributed by atoms with Gasteiger partial charge in [0.1, 0.15) is 18.5 Å². The molecule has 6 heteroatoms. The molecule has 0 aromatic rings. The van der Waals surface area contributed by atoms with E-state index in [1.54, 1.807) is 0 Å². The van der Waals surface area contributed by atoms with E-state index in [-0.39, 0.29) is 30.4 Å². The molecule has 5 fully saturated rings. The molecule has 5 aliphatic rings. The summed E-state index contributed by atoms with van der Waals surface area (Å²) < 4.78 is 24.6. The molecule has 4 saturated heterocycles. The molecule has 6 nitrogen and oxygen atoms in total. The molecule has 0 N–H and O–H groups in total. The average Bonchev–Trinajstić information content (AvgIpc) is 3.10. The molecule has 0 amide bonds. The number of hydrogen-bond donors (Lipinski definition) is 0. The number of esters is 1. The van der Waals surface area contributed by atoms with Crippen LogP contribution in [0.2, 0.25) is 0 Å². The predicted molar refractivity (Wildman–Crippen MR) is 83.3 cm³/mol. The topological polar surface area (TPSA) is 57.2 Å². The highest BCUT2D eigenvalue weighted by molar-refractivity contribution is 5.76. The monoisotopic (exact) mass is 337 g/mol. The third-order valence-electron chi connectivity index (χ3n) is 6.98. The second-order valence-electron chi connectivity index (χ2n) is 8.65. The van der Waals surface area contributed by atoms with Gasteiger partial charge in [-0.15, -0.1) is 0 Å². The first-order valence-corrected chi connectivity index (χ1v) is 9.30. The Morgan fingerprint density at radius 3 is 2.17 bits per heavy atom.